The summed E-state index contributed by atoms with van der Waals surface area (Å²) in [5.74, 6) is 1.12. The second-order valence-electron chi connectivity index (χ2n) is 3.99. The summed E-state index contributed by atoms with van der Waals surface area (Å²) in [7, 11) is 0. The maximum absolute atomic E-state index is 13.6. The van der Waals surface area contributed by atoms with Gasteiger partial charge in [0.15, 0.2) is 5.16 Å². The summed E-state index contributed by atoms with van der Waals surface area (Å²) in [5, 5.41) is 8.87. The summed E-state index contributed by atoms with van der Waals surface area (Å²) >= 11 is 4.80. The molecule has 2 aromatic rings. The molecule has 0 aliphatic carbocycles. The van der Waals surface area contributed by atoms with E-state index in [0.717, 1.165) is 15.5 Å². The molecule has 0 aliphatic rings. The zero-order valence-corrected chi connectivity index (χ0v) is 12.8. The van der Waals surface area contributed by atoms with E-state index in [1.54, 1.807) is 12.1 Å². The monoisotopic (exact) mass is 344 g/mol. The van der Waals surface area contributed by atoms with Crippen LogP contribution in [0.25, 0.3) is 0 Å². The first kappa shape index (κ1) is 14.5. The molecule has 0 atom stereocenters. The average Bonchev–Trinajstić information content (AvgIpc) is 2.73. The van der Waals surface area contributed by atoms with Crippen LogP contribution in [0.5, 0.6) is 0 Å². The Balaban J connectivity index is 2.12. The number of benzene rings is 1. The van der Waals surface area contributed by atoms with Gasteiger partial charge >= 0.3 is 0 Å². The van der Waals surface area contributed by atoms with Crippen LogP contribution in [0.3, 0.4) is 0 Å². The molecule has 4 nitrogen and oxygen atoms in total. The van der Waals surface area contributed by atoms with E-state index < -0.39 is 0 Å². The van der Waals surface area contributed by atoms with Gasteiger partial charge in [0.05, 0.1) is 0 Å². The summed E-state index contributed by atoms with van der Waals surface area (Å²) in [5.41, 5.74) is 6.20. The Morgan fingerprint density at radius 3 is 2.95 bits per heavy atom. The number of aryl methyl sites for hydroxylation is 1. The van der Waals surface area contributed by atoms with Gasteiger partial charge in [0.1, 0.15) is 11.6 Å². The molecule has 1 aromatic heterocycles. The summed E-state index contributed by atoms with van der Waals surface area (Å²) in [6, 6.07) is 4.92. The van der Waals surface area contributed by atoms with Crippen molar-refractivity contribution in [3.63, 3.8) is 0 Å². The molecule has 0 saturated heterocycles. The highest BCUT2D eigenvalue weighted by Gasteiger charge is 2.10. The van der Waals surface area contributed by atoms with Crippen molar-refractivity contribution < 1.29 is 4.39 Å². The lowest BCUT2D eigenvalue weighted by Gasteiger charge is -2.07. The fourth-order valence-corrected chi connectivity index (χ4v) is 3.04. The minimum absolute atomic E-state index is 0.211. The number of hydrogen-bond acceptors (Lipinski definition) is 4. The van der Waals surface area contributed by atoms with Crippen LogP contribution < -0.4 is 5.73 Å². The third-order valence-electron chi connectivity index (χ3n) is 2.62. The zero-order chi connectivity index (χ0) is 13.8. The molecule has 2 rings (SSSR count). The first-order valence-corrected chi connectivity index (χ1v) is 7.56. The fourth-order valence-electron chi connectivity index (χ4n) is 1.65. The number of halogens is 2. The Kier molecular flexibility index (Phi) is 4.95. The predicted octanol–water partition coefficient (Wildman–Crippen LogP) is 2.74. The Morgan fingerprint density at radius 2 is 2.21 bits per heavy atom. The largest absolute Gasteiger partial charge is 0.329 e. The smallest absolute Gasteiger partial charge is 0.191 e. The second-order valence-corrected chi connectivity index (χ2v) is 5.85. The normalized spacial score (nSPS) is 10.9. The van der Waals surface area contributed by atoms with E-state index in [4.69, 9.17) is 5.73 Å². The maximum atomic E-state index is 13.6. The highest BCUT2D eigenvalue weighted by Crippen LogP contribution is 2.25. The van der Waals surface area contributed by atoms with Gasteiger partial charge in [0, 0.05) is 23.3 Å². The standard InChI is InChI=1S/C12H14BrFN4S/c1-8-16-17-12(18(8)5-4-15)19-7-9-6-10(13)2-3-11(9)14/h2-3,6H,4-5,7,15H2,1H3. The quantitative estimate of drug-likeness (QED) is 0.847. The van der Waals surface area contributed by atoms with Gasteiger partial charge in [-0.05, 0) is 30.7 Å². The van der Waals surface area contributed by atoms with Crippen LogP contribution in [-0.2, 0) is 12.3 Å². The molecule has 7 heteroatoms. The number of aromatic nitrogens is 3. The first-order chi connectivity index (χ1) is 9.11. The molecule has 102 valence electrons. The van der Waals surface area contributed by atoms with E-state index in [0.29, 0.717) is 24.4 Å². The third kappa shape index (κ3) is 3.55. The molecule has 0 unspecified atom stereocenters. The van der Waals surface area contributed by atoms with Crippen molar-refractivity contribution in [3.8, 4) is 0 Å². The third-order valence-corrected chi connectivity index (χ3v) is 4.13. The maximum Gasteiger partial charge on any atom is 0.191 e. The van der Waals surface area contributed by atoms with Crippen molar-refractivity contribution in [3.05, 3.63) is 39.9 Å². The van der Waals surface area contributed by atoms with Crippen molar-refractivity contribution in [1.29, 1.82) is 0 Å². The highest BCUT2D eigenvalue weighted by molar-refractivity contribution is 9.10. The summed E-state index contributed by atoms with van der Waals surface area (Å²) < 4.78 is 16.4. The lowest BCUT2D eigenvalue weighted by molar-refractivity contribution is 0.615. The first-order valence-electron chi connectivity index (χ1n) is 5.78. The summed E-state index contributed by atoms with van der Waals surface area (Å²) in [6.07, 6.45) is 0. The van der Waals surface area contributed by atoms with Crippen LogP contribution in [0.15, 0.2) is 27.8 Å². The molecule has 0 saturated carbocycles. The van der Waals surface area contributed by atoms with Gasteiger partial charge in [0.2, 0.25) is 0 Å². The molecule has 2 N–H and O–H groups in total. The van der Waals surface area contributed by atoms with Gasteiger partial charge in [-0.1, -0.05) is 27.7 Å². The Morgan fingerprint density at radius 1 is 1.42 bits per heavy atom. The van der Waals surface area contributed by atoms with Crippen molar-refractivity contribution in [2.75, 3.05) is 6.54 Å². The van der Waals surface area contributed by atoms with Crippen LogP contribution in [-0.4, -0.2) is 21.3 Å². The number of nitrogens with two attached hydrogens (primary N) is 1. The number of thioether (sulfide) groups is 1. The van der Waals surface area contributed by atoms with Crippen molar-refractivity contribution >= 4 is 27.7 Å². The molecule has 19 heavy (non-hydrogen) atoms. The Bertz CT molecular complexity index is 573. The Hall–Kier alpha value is -0.920. The fraction of sp³-hybridized carbons (Fsp3) is 0.333. The van der Waals surface area contributed by atoms with E-state index in [2.05, 4.69) is 26.1 Å². The molecule has 0 radical (unpaired) electrons. The molecule has 0 bridgehead atoms. The van der Waals surface area contributed by atoms with Crippen LogP contribution in [0, 0.1) is 12.7 Å². The molecule has 0 amide bonds. The minimum atomic E-state index is -0.211. The van der Waals surface area contributed by atoms with E-state index in [1.807, 2.05) is 11.5 Å². The SMILES string of the molecule is Cc1nnc(SCc2cc(Br)ccc2F)n1CCN. The average molecular weight is 345 g/mol. The summed E-state index contributed by atoms with van der Waals surface area (Å²) in [6.45, 7) is 3.08. The lowest BCUT2D eigenvalue weighted by atomic mass is 10.2. The highest BCUT2D eigenvalue weighted by atomic mass is 79.9. The van der Waals surface area contributed by atoms with E-state index in [1.165, 1.54) is 17.8 Å². The molecule has 0 aliphatic heterocycles. The van der Waals surface area contributed by atoms with Gasteiger partial charge in [-0.2, -0.15) is 0 Å². The molecular weight excluding hydrogens is 331 g/mol. The molecule has 0 fully saturated rings. The number of hydrogen-bond donors (Lipinski definition) is 1. The van der Waals surface area contributed by atoms with Crippen LogP contribution in [0.1, 0.15) is 11.4 Å². The van der Waals surface area contributed by atoms with Gasteiger partial charge in [-0.15, -0.1) is 10.2 Å². The predicted molar refractivity (Wildman–Crippen MR) is 77.5 cm³/mol. The number of nitrogens with zero attached hydrogens (tertiary/aromatic N) is 3. The van der Waals surface area contributed by atoms with Gasteiger partial charge in [-0.3, -0.25) is 0 Å². The van der Waals surface area contributed by atoms with E-state index in [9.17, 15) is 4.39 Å². The van der Waals surface area contributed by atoms with Crippen LogP contribution in [0.4, 0.5) is 4.39 Å². The van der Waals surface area contributed by atoms with Gasteiger partial charge in [0.25, 0.3) is 0 Å². The van der Waals surface area contributed by atoms with Crippen molar-refractivity contribution in [2.24, 2.45) is 5.73 Å². The van der Waals surface area contributed by atoms with Crippen molar-refractivity contribution in [1.82, 2.24) is 14.8 Å². The topological polar surface area (TPSA) is 56.7 Å². The lowest BCUT2D eigenvalue weighted by Crippen LogP contribution is -2.12. The van der Waals surface area contributed by atoms with Crippen LogP contribution >= 0.6 is 27.7 Å². The summed E-state index contributed by atoms with van der Waals surface area (Å²) in [4.78, 5) is 0. The van der Waals surface area contributed by atoms with Gasteiger partial charge in [-0.25, -0.2) is 4.39 Å². The van der Waals surface area contributed by atoms with Crippen molar-refractivity contribution in [2.45, 2.75) is 24.4 Å². The Labute approximate surface area is 123 Å². The molecule has 1 heterocycles. The number of rotatable bonds is 5. The van der Waals surface area contributed by atoms with Gasteiger partial charge < -0.3 is 10.3 Å². The van der Waals surface area contributed by atoms with E-state index in [-0.39, 0.29) is 5.82 Å². The molecule has 0 spiro atoms. The van der Waals surface area contributed by atoms with Crippen LogP contribution in [0.2, 0.25) is 0 Å². The van der Waals surface area contributed by atoms with E-state index >= 15 is 0 Å². The second kappa shape index (κ2) is 6.49. The zero-order valence-electron chi connectivity index (χ0n) is 10.4. The molecule has 1 aromatic carbocycles. The molecular formula is C12H14BrFN4S. The minimum Gasteiger partial charge on any atom is -0.329 e.